The summed E-state index contributed by atoms with van der Waals surface area (Å²) >= 11 is 0. The van der Waals surface area contributed by atoms with Crippen molar-refractivity contribution in [1.29, 1.82) is 0 Å². The van der Waals surface area contributed by atoms with Crippen LogP contribution in [0.3, 0.4) is 0 Å². The minimum Gasteiger partial charge on any atom is -0.375 e. The smallest absolute Gasteiger partial charge is 0.261 e. The van der Waals surface area contributed by atoms with Crippen LogP contribution < -0.4 is 5.32 Å². The van der Waals surface area contributed by atoms with E-state index in [9.17, 15) is 9.90 Å². The predicted octanol–water partition coefficient (Wildman–Crippen LogP) is 2.02. The minimum atomic E-state index is -1.28. The first-order valence-electron chi connectivity index (χ1n) is 5.86. The number of nitrogens with one attached hydrogen (secondary N) is 1. The van der Waals surface area contributed by atoms with Crippen molar-refractivity contribution in [2.24, 2.45) is 5.92 Å². The maximum atomic E-state index is 12.0. The summed E-state index contributed by atoms with van der Waals surface area (Å²) < 4.78 is 0. The third-order valence-electron chi connectivity index (χ3n) is 3.88. The minimum absolute atomic E-state index is 0.0798. The van der Waals surface area contributed by atoms with Gasteiger partial charge in [0.05, 0.1) is 0 Å². The molecule has 0 saturated heterocycles. The standard InChI is InChI=1S/C13H15NO2/c15-12-13(16,9-5-1-2-6-9)10-7-3-4-8-11(10)14-12/h3-4,7-9,16H,1-2,5-6H2,(H,14,15). The van der Waals surface area contributed by atoms with Crippen LogP contribution in [0.1, 0.15) is 31.2 Å². The van der Waals surface area contributed by atoms with E-state index >= 15 is 0 Å². The second-order valence-electron chi connectivity index (χ2n) is 4.75. The van der Waals surface area contributed by atoms with E-state index in [-0.39, 0.29) is 11.8 Å². The third kappa shape index (κ3) is 1.15. The molecule has 2 N–H and O–H groups in total. The molecule has 84 valence electrons. The molecule has 2 aliphatic rings. The lowest BCUT2D eigenvalue weighted by molar-refractivity contribution is -0.139. The van der Waals surface area contributed by atoms with Crippen molar-refractivity contribution in [2.75, 3.05) is 5.32 Å². The van der Waals surface area contributed by atoms with Crippen LogP contribution in [0.5, 0.6) is 0 Å². The van der Waals surface area contributed by atoms with E-state index in [1.807, 2.05) is 24.3 Å². The van der Waals surface area contributed by atoms with Crippen LogP contribution in [-0.4, -0.2) is 11.0 Å². The number of rotatable bonds is 1. The lowest BCUT2D eigenvalue weighted by Gasteiger charge is -2.27. The molecule has 1 aliphatic heterocycles. The fourth-order valence-corrected chi connectivity index (χ4v) is 3.01. The van der Waals surface area contributed by atoms with Gasteiger partial charge in [-0.15, -0.1) is 0 Å². The van der Waals surface area contributed by atoms with Crippen molar-refractivity contribution >= 4 is 11.6 Å². The fraction of sp³-hybridized carbons (Fsp3) is 0.462. The van der Waals surface area contributed by atoms with Gasteiger partial charge in [-0.2, -0.15) is 0 Å². The first-order valence-corrected chi connectivity index (χ1v) is 5.86. The molecular weight excluding hydrogens is 202 g/mol. The zero-order valence-electron chi connectivity index (χ0n) is 9.07. The van der Waals surface area contributed by atoms with E-state index in [1.165, 1.54) is 0 Å². The van der Waals surface area contributed by atoms with Crippen LogP contribution in [0.2, 0.25) is 0 Å². The molecule has 3 rings (SSSR count). The molecule has 16 heavy (non-hydrogen) atoms. The summed E-state index contributed by atoms with van der Waals surface area (Å²) in [6.45, 7) is 0. The number of hydrogen-bond donors (Lipinski definition) is 2. The van der Waals surface area contributed by atoms with Crippen LogP contribution in [0.4, 0.5) is 5.69 Å². The molecule has 1 aliphatic carbocycles. The molecule has 1 heterocycles. The van der Waals surface area contributed by atoms with E-state index in [0.717, 1.165) is 36.9 Å². The predicted molar refractivity (Wildman–Crippen MR) is 60.9 cm³/mol. The van der Waals surface area contributed by atoms with Crippen molar-refractivity contribution in [3.05, 3.63) is 29.8 Å². The van der Waals surface area contributed by atoms with Crippen LogP contribution in [0.15, 0.2) is 24.3 Å². The van der Waals surface area contributed by atoms with Crippen molar-refractivity contribution in [3.63, 3.8) is 0 Å². The Morgan fingerprint density at radius 2 is 1.94 bits per heavy atom. The molecule has 1 atom stereocenters. The van der Waals surface area contributed by atoms with Gasteiger partial charge in [0.15, 0.2) is 5.60 Å². The average Bonchev–Trinajstić information content (AvgIpc) is 2.89. The number of amides is 1. The van der Waals surface area contributed by atoms with Crippen LogP contribution in [0, 0.1) is 5.92 Å². The van der Waals surface area contributed by atoms with Gasteiger partial charge in [-0.05, 0) is 18.9 Å². The lowest BCUT2D eigenvalue weighted by atomic mass is 9.81. The van der Waals surface area contributed by atoms with Crippen molar-refractivity contribution in [2.45, 2.75) is 31.3 Å². The molecule has 1 aromatic carbocycles. The van der Waals surface area contributed by atoms with Gasteiger partial charge in [0.1, 0.15) is 0 Å². The summed E-state index contributed by atoms with van der Waals surface area (Å²) in [4.78, 5) is 12.0. The van der Waals surface area contributed by atoms with Crippen molar-refractivity contribution in [1.82, 2.24) is 0 Å². The van der Waals surface area contributed by atoms with E-state index in [4.69, 9.17) is 0 Å². The first-order chi connectivity index (χ1) is 7.73. The summed E-state index contributed by atoms with van der Waals surface area (Å²) in [5, 5.41) is 13.5. The summed E-state index contributed by atoms with van der Waals surface area (Å²) in [7, 11) is 0. The number of aliphatic hydroxyl groups is 1. The summed E-state index contributed by atoms with van der Waals surface area (Å²) in [5.74, 6) is -0.170. The van der Waals surface area contributed by atoms with Crippen LogP contribution in [0.25, 0.3) is 0 Å². The number of carbonyl (C=O) groups excluding carboxylic acids is 1. The Bertz CT molecular complexity index is 437. The van der Waals surface area contributed by atoms with E-state index < -0.39 is 5.60 Å². The highest BCUT2D eigenvalue weighted by Crippen LogP contribution is 2.46. The Morgan fingerprint density at radius 3 is 2.69 bits per heavy atom. The first kappa shape index (κ1) is 9.85. The molecule has 1 saturated carbocycles. The maximum Gasteiger partial charge on any atom is 0.261 e. The molecule has 3 heteroatoms. The molecule has 1 unspecified atom stereocenters. The Balaban J connectivity index is 2.09. The summed E-state index contributed by atoms with van der Waals surface area (Å²) in [6, 6.07) is 7.45. The molecular formula is C13H15NO2. The number of fused-ring (bicyclic) bond motifs is 1. The number of hydrogen-bond acceptors (Lipinski definition) is 2. The monoisotopic (exact) mass is 217 g/mol. The van der Waals surface area contributed by atoms with E-state index in [1.54, 1.807) is 0 Å². The molecule has 1 aromatic rings. The number of carbonyl (C=O) groups is 1. The molecule has 0 radical (unpaired) electrons. The van der Waals surface area contributed by atoms with Crippen LogP contribution >= 0.6 is 0 Å². The summed E-state index contributed by atoms with van der Waals surface area (Å²) in [5.41, 5.74) is 0.237. The molecule has 3 nitrogen and oxygen atoms in total. The third-order valence-corrected chi connectivity index (χ3v) is 3.88. The van der Waals surface area contributed by atoms with Gasteiger partial charge in [0.25, 0.3) is 5.91 Å². The molecule has 1 fully saturated rings. The highest BCUT2D eigenvalue weighted by molar-refractivity contribution is 6.05. The largest absolute Gasteiger partial charge is 0.375 e. The second-order valence-corrected chi connectivity index (χ2v) is 4.75. The Kier molecular flexibility index (Phi) is 2.04. The van der Waals surface area contributed by atoms with Gasteiger partial charge in [-0.3, -0.25) is 4.79 Å². The highest BCUT2D eigenvalue weighted by Gasteiger charge is 2.51. The topological polar surface area (TPSA) is 49.3 Å². The van der Waals surface area contributed by atoms with Gasteiger partial charge in [0, 0.05) is 17.2 Å². The molecule has 0 spiro atoms. The van der Waals surface area contributed by atoms with Crippen LogP contribution in [-0.2, 0) is 10.4 Å². The Morgan fingerprint density at radius 1 is 1.25 bits per heavy atom. The normalized spacial score (nSPS) is 29.2. The molecule has 0 aromatic heterocycles. The fourth-order valence-electron chi connectivity index (χ4n) is 3.01. The van der Waals surface area contributed by atoms with Crippen molar-refractivity contribution in [3.8, 4) is 0 Å². The number of anilines is 1. The van der Waals surface area contributed by atoms with Crippen molar-refractivity contribution < 1.29 is 9.90 Å². The van der Waals surface area contributed by atoms with Gasteiger partial charge in [-0.1, -0.05) is 31.0 Å². The zero-order valence-corrected chi connectivity index (χ0v) is 9.07. The zero-order chi connectivity index (χ0) is 11.2. The quantitative estimate of drug-likeness (QED) is 0.756. The number of benzene rings is 1. The number of para-hydroxylation sites is 1. The Labute approximate surface area is 94.5 Å². The van der Waals surface area contributed by atoms with E-state index in [0.29, 0.717) is 0 Å². The van der Waals surface area contributed by atoms with Gasteiger partial charge >= 0.3 is 0 Å². The Hall–Kier alpha value is -1.35. The van der Waals surface area contributed by atoms with Gasteiger partial charge in [-0.25, -0.2) is 0 Å². The van der Waals surface area contributed by atoms with Gasteiger partial charge < -0.3 is 10.4 Å². The van der Waals surface area contributed by atoms with Gasteiger partial charge in [0.2, 0.25) is 0 Å². The SMILES string of the molecule is O=C1Nc2ccccc2C1(O)C1CCCC1. The molecule has 0 bridgehead atoms. The lowest BCUT2D eigenvalue weighted by Crippen LogP contribution is -2.40. The average molecular weight is 217 g/mol. The van der Waals surface area contributed by atoms with E-state index in [2.05, 4.69) is 5.32 Å². The summed E-state index contributed by atoms with van der Waals surface area (Å²) in [6.07, 6.45) is 4.11. The maximum absolute atomic E-state index is 12.0. The highest BCUT2D eigenvalue weighted by atomic mass is 16.3. The molecule has 1 amide bonds. The second kappa shape index (κ2) is 3.32.